The van der Waals surface area contributed by atoms with Gasteiger partial charge in [0.2, 0.25) is 5.89 Å². The Balaban J connectivity index is 1.41. The van der Waals surface area contributed by atoms with Crippen molar-refractivity contribution in [2.24, 2.45) is 0 Å². The lowest BCUT2D eigenvalue weighted by Crippen LogP contribution is -3.09. The molecule has 0 saturated carbocycles. The van der Waals surface area contributed by atoms with Crippen LogP contribution in [-0.2, 0) is 6.67 Å². The largest absolute Gasteiger partial charge is 0.409 e. The number of hydrogen-bond donors (Lipinski definition) is 1. The maximum absolute atomic E-state index is 5.74. The molecule has 5 nitrogen and oxygen atoms in total. The molecular formula is C20H19N4OS2+. The molecule has 1 aliphatic rings. The molecule has 2 atom stereocenters. The molecule has 4 aromatic rings. The minimum absolute atomic E-state index is 0.390. The number of para-hydroxylation sites is 1. The van der Waals surface area contributed by atoms with E-state index in [1.165, 1.54) is 21.0 Å². The number of thiazole rings is 1. The minimum Gasteiger partial charge on any atom is -0.409 e. The Hall–Kier alpha value is -2.35. The summed E-state index contributed by atoms with van der Waals surface area (Å²) < 4.78 is 8.81. The lowest BCUT2D eigenvalue weighted by Gasteiger charge is -2.18. The molecule has 1 aliphatic heterocycles. The zero-order valence-electron chi connectivity index (χ0n) is 14.7. The van der Waals surface area contributed by atoms with Gasteiger partial charge in [-0.2, -0.15) is 4.68 Å². The first-order chi connectivity index (χ1) is 13.3. The van der Waals surface area contributed by atoms with Gasteiger partial charge in [-0.3, -0.25) is 0 Å². The molecule has 0 aliphatic carbocycles. The normalized spacial score (nSPS) is 19.7. The Kier molecular flexibility index (Phi) is 4.35. The number of likely N-dealkylation sites (tertiary alicyclic amines) is 1. The van der Waals surface area contributed by atoms with Crippen LogP contribution in [0.3, 0.4) is 0 Å². The van der Waals surface area contributed by atoms with Gasteiger partial charge in [-0.05, 0) is 36.5 Å². The van der Waals surface area contributed by atoms with Crippen molar-refractivity contribution in [1.82, 2.24) is 14.8 Å². The first-order valence-electron chi connectivity index (χ1n) is 9.11. The molecule has 0 amide bonds. The third kappa shape index (κ3) is 3.22. The van der Waals surface area contributed by atoms with Crippen LogP contribution in [-0.4, -0.2) is 21.3 Å². The summed E-state index contributed by atoms with van der Waals surface area (Å²) in [5, 5.41) is 5.83. The van der Waals surface area contributed by atoms with Gasteiger partial charge >= 0.3 is 0 Å². The lowest BCUT2D eigenvalue weighted by molar-refractivity contribution is -0.941. The zero-order chi connectivity index (χ0) is 18.2. The molecule has 0 bridgehead atoms. The third-order valence-corrected chi connectivity index (χ3v) is 6.52. The summed E-state index contributed by atoms with van der Waals surface area (Å²) in [6.45, 7) is 1.80. The standard InChI is InChI=1S/C20H18N4OS2/c26-20-24(22-18(25-20)14-7-2-1-3-8-14)13-23-12-6-10-16(23)19-21-15-9-4-5-11-17(15)27-19/h1-5,7-9,11,16H,6,10,12-13H2/p+1/t16-/m1/s1. The van der Waals surface area contributed by atoms with E-state index in [-0.39, 0.29) is 0 Å². The summed E-state index contributed by atoms with van der Waals surface area (Å²) in [6.07, 6.45) is 2.33. The minimum atomic E-state index is 0.390. The van der Waals surface area contributed by atoms with Gasteiger partial charge < -0.3 is 9.32 Å². The molecule has 1 saturated heterocycles. The van der Waals surface area contributed by atoms with Gasteiger partial charge in [0.15, 0.2) is 11.7 Å². The summed E-state index contributed by atoms with van der Waals surface area (Å²) in [4.78, 5) is 6.75. The van der Waals surface area contributed by atoms with Crippen LogP contribution >= 0.6 is 23.6 Å². The van der Waals surface area contributed by atoms with E-state index < -0.39 is 0 Å². The van der Waals surface area contributed by atoms with Crippen molar-refractivity contribution >= 4 is 33.8 Å². The van der Waals surface area contributed by atoms with Crippen LogP contribution in [0, 0.1) is 4.84 Å². The third-order valence-electron chi connectivity index (χ3n) is 5.07. The van der Waals surface area contributed by atoms with E-state index in [1.54, 1.807) is 11.3 Å². The number of rotatable bonds is 4. The quantitative estimate of drug-likeness (QED) is 0.533. The number of fused-ring (bicyclic) bond motifs is 1. The van der Waals surface area contributed by atoms with Crippen molar-refractivity contribution in [2.45, 2.75) is 25.6 Å². The Morgan fingerprint density at radius 3 is 2.81 bits per heavy atom. The second-order valence-electron chi connectivity index (χ2n) is 6.82. The fourth-order valence-electron chi connectivity index (χ4n) is 3.73. The van der Waals surface area contributed by atoms with Crippen molar-refractivity contribution in [3.8, 4) is 11.5 Å². The second kappa shape index (κ2) is 6.99. The summed E-state index contributed by atoms with van der Waals surface area (Å²) >= 11 is 7.23. The molecule has 27 heavy (non-hydrogen) atoms. The van der Waals surface area contributed by atoms with Crippen LogP contribution in [0.2, 0.25) is 0 Å². The fourth-order valence-corrected chi connectivity index (χ4v) is 5.08. The van der Waals surface area contributed by atoms with Crippen LogP contribution in [0.15, 0.2) is 59.0 Å². The van der Waals surface area contributed by atoms with E-state index in [9.17, 15) is 0 Å². The van der Waals surface area contributed by atoms with Crippen LogP contribution in [0.1, 0.15) is 23.9 Å². The van der Waals surface area contributed by atoms with Crippen molar-refractivity contribution < 1.29 is 9.32 Å². The van der Waals surface area contributed by atoms with Crippen LogP contribution in [0.5, 0.6) is 0 Å². The maximum Gasteiger partial charge on any atom is 0.292 e. The molecule has 3 heterocycles. The van der Waals surface area contributed by atoms with E-state index in [4.69, 9.17) is 21.6 Å². The van der Waals surface area contributed by atoms with Gasteiger partial charge in [0, 0.05) is 18.4 Å². The molecule has 0 spiro atoms. The average Bonchev–Trinajstić information content (AvgIpc) is 3.41. The Morgan fingerprint density at radius 2 is 1.96 bits per heavy atom. The molecule has 1 fully saturated rings. The van der Waals surface area contributed by atoms with Gasteiger partial charge in [-0.1, -0.05) is 30.3 Å². The summed E-state index contributed by atoms with van der Waals surface area (Å²) in [5.41, 5.74) is 2.04. The smallest absolute Gasteiger partial charge is 0.292 e. The Labute approximate surface area is 165 Å². The molecule has 1 N–H and O–H groups in total. The topological polar surface area (TPSA) is 48.3 Å². The summed E-state index contributed by atoms with van der Waals surface area (Å²) in [6, 6.07) is 18.6. The van der Waals surface area contributed by atoms with Crippen molar-refractivity contribution in [3.63, 3.8) is 0 Å². The highest BCUT2D eigenvalue weighted by Crippen LogP contribution is 2.28. The zero-order valence-corrected chi connectivity index (χ0v) is 16.3. The van der Waals surface area contributed by atoms with E-state index in [0.29, 0.717) is 23.4 Å². The van der Waals surface area contributed by atoms with Gasteiger partial charge in [0.05, 0.1) is 16.8 Å². The SMILES string of the molecule is S=c1oc(-c2ccccc2)nn1C[NH+]1CCC[C@@H]1c1nc2ccccc2s1. The van der Waals surface area contributed by atoms with Crippen molar-refractivity contribution in [3.05, 3.63) is 64.4 Å². The molecule has 2 aromatic heterocycles. The predicted octanol–water partition coefficient (Wildman–Crippen LogP) is 3.86. The second-order valence-corrected chi connectivity index (χ2v) is 8.23. The van der Waals surface area contributed by atoms with Gasteiger partial charge in [-0.25, -0.2) is 4.98 Å². The first kappa shape index (κ1) is 16.8. The van der Waals surface area contributed by atoms with Gasteiger partial charge in [-0.15, -0.1) is 16.4 Å². The van der Waals surface area contributed by atoms with Crippen LogP contribution in [0.25, 0.3) is 21.7 Å². The fraction of sp³-hybridized carbons (Fsp3) is 0.250. The number of nitrogens with zero attached hydrogens (tertiary/aromatic N) is 3. The molecular weight excluding hydrogens is 376 g/mol. The highest BCUT2D eigenvalue weighted by molar-refractivity contribution is 7.71. The van der Waals surface area contributed by atoms with E-state index in [2.05, 4.69) is 23.3 Å². The highest BCUT2D eigenvalue weighted by atomic mass is 32.1. The highest BCUT2D eigenvalue weighted by Gasteiger charge is 2.33. The van der Waals surface area contributed by atoms with Gasteiger partial charge in [0.25, 0.3) is 4.84 Å². The molecule has 7 heteroatoms. The van der Waals surface area contributed by atoms with Crippen LogP contribution < -0.4 is 4.90 Å². The monoisotopic (exact) mass is 395 g/mol. The number of hydrogen-bond acceptors (Lipinski definition) is 5. The maximum atomic E-state index is 5.74. The number of benzene rings is 2. The number of aromatic nitrogens is 3. The van der Waals surface area contributed by atoms with Crippen molar-refractivity contribution in [2.75, 3.05) is 6.54 Å². The summed E-state index contributed by atoms with van der Waals surface area (Å²) in [7, 11) is 0. The van der Waals surface area contributed by atoms with Crippen molar-refractivity contribution in [1.29, 1.82) is 0 Å². The summed E-state index contributed by atoms with van der Waals surface area (Å²) in [5.74, 6) is 0.579. The molecule has 0 radical (unpaired) electrons. The first-order valence-corrected chi connectivity index (χ1v) is 10.3. The Bertz CT molecular complexity index is 1100. The van der Waals surface area contributed by atoms with E-state index in [1.807, 2.05) is 41.1 Å². The average molecular weight is 396 g/mol. The molecule has 136 valence electrons. The number of nitrogens with one attached hydrogen (secondary N) is 1. The van der Waals surface area contributed by atoms with E-state index >= 15 is 0 Å². The molecule has 5 rings (SSSR count). The van der Waals surface area contributed by atoms with Gasteiger partial charge in [0.1, 0.15) is 6.04 Å². The van der Waals surface area contributed by atoms with Crippen LogP contribution in [0.4, 0.5) is 0 Å². The Morgan fingerprint density at radius 1 is 1.15 bits per heavy atom. The molecule has 2 aromatic carbocycles. The lowest BCUT2D eigenvalue weighted by atomic mass is 10.2. The number of quaternary nitrogens is 1. The predicted molar refractivity (Wildman–Crippen MR) is 108 cm³/mol. The molecule has 1 unspecified atom stereocenters. The van der Waals surface area contributed by atoms with E-state index in [0.717, 1.165) is 24.0 Å².